The van der Waals surface area contributed by atoms with Crippen LogP contribution in [-0.2, 0) is 42.7 Å². The number of hydrogen-bond acceptors (Lipinski definition) is 7. The summed E-state index contributed by atoms with van der Waals surface area (Å²) < 4.78 is 67.3. The van der Waals surface area contributed by atoms with Crippen molar-refractivity contribution in [2.24, 2.45) is 5.92 Å². The first-order chi connectivity index (χ1) is 18.2. The van der Waals surface area contributed by atoms with Crippen LogP contribution in [0.15, 0.2) is 91.0 Å². The molecule has 0 saturated heterocycles. The van der Waals surface area contributed by atoms with Crippen LogP contribution in [0.1, 0.15) is 23.6 Å². The third-order valence-corrected chi connectivity index (χ3v) is 7.85. The molecule has 1 aliphatic carbocycles. The molecule has 0 aliphatic heterocycles. The van der Waals surface area contributed by atoms with Crippen LogP contribution >= 0.6 is 7.82 Å². The topological polar surface area (TPSA) is 94.5 Å². The number of halogens is 2. The lowest BCUT2D eigenvalue weighted by Crippen LogP contribution is -2.65. The molecule has 3 aromatic carbocycles. The Morgan fingerprint density at radius 3 is 1.61 bits per heavy atom. The minimum atomic E-state index is -4.66. The number of benzene rings is 3. The summed E-state index contributed by atoms with van der Waals surface area (Å²) in [6.45, 7) is 0.459. The van der Waals surface area contributed by atoms with Crippen LogP contribution in [0.5, 0.6) is 0 Å². The predicted molar refractivity (Wildman–Crippen MR) is 136 cm³/mol. The lowest BCUT2D eigenvalue weighted by molar-refractivity contribution is -0.272. The molecule has 0 heterocycles. The number of aliphatic hydroxyl groups excluding tert-OH is 2. The van der Waals surface area contributed by atoms with Crippen molar-refractivity contribution in [3.63, 3.8) is 0 Å². The number of rotatable bonds is 11. The molecule has 0 unspecified atom stereocenters. The van der Waals surface area contributed by atoms with Crippen molar-refractivity contribution < 1.29 is 41.9 Å². The summed E-state index contributed by atoms with van der Waals surface area (Å²) in [6, 6.07) is 26.1. The first kappa shape index (κ1) is 28.5. The van der Waals surface area contributed by atoms with Gasteiger partial charge >= 0.3 is 7.82 Å². The summed E-state index contributed by atoms with van der Waals surface area (Å²) in [6.07, 6.45) is -7.52. The highest BCUT2D eigenvalue weighted by atomic mass is 31.2. The predicted octanol–water partition coefficient (Wildman–Crippen LogP) is 5.51. The van der Waals surface area contributed by atoms with Gasteiger partial charge < -0.3 is 14.9 Å². The maximum absolute atomic E-state index is 15.6. The van der Waals surface area contributed by atoms with Crippen LogP contribution in [0, 0.1) is 5.92 Å². The molecule has 0 aromatic heterocycles. The number of phosphoric acid groups is 1. The van der Waals surface area contributed by atoms with Crippen LogP contribution in [0.3, 0.4) is 0 Å². The molecule has 204 valence electrons. The fourth-order valence-corrected chi connectivity index (χ4v) is 5.50. The smallest absolute Gasteiger partial charge is 0.390 e. The average molecular weight is 549 g/mol. The average Bonchev–Trinajstić information content (AvgIpc) is 2.94. The highest BCUT2D eigenvalue weighted by Gasteiger charge is 2.62. The number of ether oxygens (including phenoxy) is 1. The van der Waals surface area contributed by atoms with E-state index in [-0.39, 0.29) is 19.8 Å². The maximum atomic E-state index is 15.6. The SMILES string of the molecule is C[C@H]1[C@@H](O)[C@@H](O)[C@H](OCc2ccccc2)[C@H](OP(=O)(OCc2ccccc2)OCc2ccccc2)C1(F)F. The number of aliphatic hydroxyl groups is 2. The van der Waals surface area contributed by atoms with Crippen LogP contribution in [-0.4, -0.2) is 40.6 Å². The largest absolute Gasteiger partial charge is 0.476 e. The van der Waals surface area contributed by atoms with E-state index in [0.717, 1.165) is 6.92 Å². The van der Waals surface area contributed by atoms with Gasteiger partial charge in [0.2, 0.25) is 0 Å². The van der Waals surface area contributed by atoms with Gasteiger partial charge in [-0.15, -0.1) is 0 Å². The Labute approximate surface area is 220 Å². The summed E-state index contributed by atoms with van der Waals surface area (Å²) in [4.78, 5) is 0. The van der Waals surface area contributed by atoms with Crippen molar-refractivity contribution in [2.45, 2.75) is 57.1 Å². The molecule has 7 nitrogen and oxygen atoms in total. The maximum Gasteiger partial charge on any atom is 0.476 e. The summed E-state index contributed by atoms with van der Waals surface area (Å²) in [5.41, 5.74) is 1.89. The van der Waals surface area contributed by atoms with E-state index in [2.05, 4.69) is 0 Å². The van der Waals surface area contributed by atoms with Gasteiger partial charge in [0, 0.05) is 0 Å². The lowest BCUT2D eigenvalue weighted by atomic mass is 9.78. The molecule has 0 spiro atoms. The number of hydrogen-bond donors (Lipinski definition) is 2. The van der Waals surface area contributed by atoms with E-state index in [1.54, 1.807) is 91.0 Å². The summed E-state index contributed by atoms with van der Waals surface area (Å²) in [5, 5.41) is 21.1. The summed E-state index contributed by atoms with van der Waals surface area (Å²) in [5.74, 6) is -5.47. The molecule has 1 aliphatic rings. The molecule has 38 heavy (non-hydrogen) atoms. The van der Waals surface area contributed by atoms with Gasteiger partial charge in [0.25, 0.3) is 5.92 Å². The van der Waals surface area contributed by atoms with Gasteiger partial charge in [0.05, 0.1) is 31.8 Å². The van der Waals surface area contributed by atoms with Gasteiger partial charge in [0.1, 0.15) is 12.2 Å². The summed E-state index contributed by atoms with van der Waals surface area (Å²) in [7, 11) is -4.66. The Balaban J connectivity index is 1.60. The Kier molecular flexibility index (Phi) is 9.44. The molecular formula is C28H31F2O7P. The Morgan fingerprint density at radius 1 is 0.737 bits per heavy atom. The van der Waals surface area contributed by atoms with E-state index in [1.165, 1.54) is 0 Å². The second-order valence-corrected chi connectivity index (χ2v) is 10.8. The zero-order valence-electron chi connectivity index (χ0n) is 20.8. The van der Waals surface area contributed by atoms with E-state index in [4.69, 9.17) is 18.3 Å². The molecule has 2 N–H and O–H groups in total. The van der Waals surface area contributed by atoms with Crippen molar-refractivity contribution in [2.75, 3.05) is 0 Å². The van der Waals surface area contributed by atoms with Crippen molar-refractivity contribution >= 4 is 7.82 Å². The highest BCUT2D eigenvalue weighted by molar-refractivity contribution is 7.48. The van der Waals surface area contributed by atoms with Gasteiger partial charge in [0.15, 0.2) is 6.10 Å². The first-order valence-corrected chi connectivity index (χ1v) is 13.7. The zero-order valence-corrected chi connectivity index (χ0v) is 21.7. The quantitative estimate of drug-likeness (QED) is 0.306. The fraction of sp³-hybridized carbons (Fsp3) is 0.357. The Morgan fingerprint density at radius 2 is 1.16 bits per heavy atom. The second-order valence-electron chi connectivity index (χ2n) is 9.20. The second kappa shape index (κ2) is 12.6. The first-order valence-electron chi connectivity index (χ1n) is 12.2. The minimum absolute atomic E-state index is 0.153. The molecule has 3 aromatic rings. The standard InChI is InChI=1S/C28H31F2O7P/c1-20-24(31)25(32)26(34-17-21-11-5-2-6-12-21)27(28(20,29)30)37-38(33,35-18-22-13-7-3-8-14-22)36-19-23-15-9-4-10-16-23/h2-16,20,24-27,31-32H,17-19H2,1H3/t20-,24+,25+,26-,27-/m0/s1. The minimum Gasteiger partial charge on any atom is -0.390 e. The van der Waals surface area contributed by atoms with Gasteiger partial charge in [-0.3, -0.25) is 13.6 Å². The van der Waals surface area contributed by atoms with Crippen molar-refractivity contribution in [3.8, 4) is 0 Å². The van der Waals surface area contributed by atoms with Crippen LogP contribution < -0.4 is 0 Å². The number of phosphoric ester groups is 1. The van der Waals surface area contributed by atoms with Crippen molar-refractivity contribution in [1.82, 2.24) is 0 Å². The monoisotopic (exact) mass is 548 g/mol. The van der Waals surface area contributed by atoms with E-state index in [0.29, 0.717) is 16.7 Å². The fourth-order valence-electron chi connectivity index (χ4n) is 4.15. The molecule has 0 amide bonds. The molecule has 0 bridgehead atoms. The van der Waals surface area contributed by atoms with Crippen LogP contribution in [0.4, 0.5) is 8.78 Å². The molecule has 10 heteroatoms. The van der Waals surface area contributed by atoms with Gasteiger partial charge in [-0.25, -0.2) is 13.3 Å². The Bertz CT molecular complexity index is 1140. The molecule has 5 atom stereocenters. The third-order valence-electron chi connectivity index (χ3n) is 6.48. The summed E-state index contributed by atoms with van der Waals surface area (Å²) >= 11 is 0. The van der Waals surface area contributed by atoms with Crippen LogP contribution in [0.2, 0.25) is 0 Å². The van der Waals surface area contributed by atoms with Gasteiger partial charge in [-0.05, 0) is 16.7 Å². The van der Waals surface area contributed by atoms with Gasteiger partial charge in [-0.2, -0.15) is 0 Å². The molecule has 4 rings (SSSR count). The molecule has 1 fully saturated rings. The normalized spacial score (nSPS) is 25.2. The van der Waals surface area contributed by atoms with E-state index < -0.39 is 44.1 Å². The Hall–Kier alpha value is -2.49. The van der Waals surface area contributed by atoms with E-state index in [1.807, 2.05) is 0 Å². The molecule has 0 radical (unpaired) electrons. The highest BCUT2D eigenvalue weighted by Crippen LogP contribution is 2.56. The van der Waals surface area contributed by atoms with Crippen LogP contribution in [0.25, 0.3) is 0 Å². The van der Waals surface area contributed by atoms with Gasteiger partial charge in [-0.1, -0.05) is 97.9 Å². The van der Waals surface area contributed by atoms with Crippen molar-refractivity contribution in [3.05, 3.63) is 108 Å². The van der Waals surface area contributed by atoms with Crippen molar-refractivity contribution in [1.29, 1.82) is 0 Å². The lowest BCUT2D eigenvalue weighted by Gasteiger charge is -2.46. The molecular weight excluding hydrogens is 517 g/mol. The zero-order chi connectivity index (χ0) is 27.2. The van der Waals surface area contributed by atoms with E-state index >= 15 is 8.78 Å². The molecule has 1 saturated carbocycles. The third kappa shape index (κ3) is 6.93. The van der Waals surface area contributed by atoms with E-state index in [9.17, 15) is 14.8 Å². The number of alkyl halides is 2.